The van der Waals surface area contributed by atoms with E-state index in [0.29, 0.717) is 106 Å². The number of carbonyl (C=O) groups is 3. The highest BCUT2D eigenvalue weighted by atomic mass is 79.9. The summed E-state index contributed by atoms with van der Waals surface area (Å²) < 4.78 is 64.1. The third-order valence-corrected chi connectivity index (χ3v) is 17.7. The number of nitrogen functional groups attached to an aromatic ring is 1. The smallest absolute Gasteiger partial charge is 0.215 e. The number of carbonyl (C=O) groups excluding carboxylic acids is 3. The van der Waals surface area contributed by atoms with Gasteiger partial charge in [0.2, 0.25) is 5.88 Å². The van der Waals surface area contributed by atoms with Gasteiger partial charge in [0.25, 0.3) is 0 Å². The number of hydrogen-bond donors (Lipinski definition) is 5. The van der Waals surface area contributed by atoms with E-state index in [9.17, 15) is 33.4 Å². The predicted octanol–water partition coefficient (Wildman–Crippen LogP) is 23.1. The molecule has 6 N–H and O–H groups in total. The number of aliphatic imine (C=N–C) groups is 1. The second-order valence-corrected chi connectivity index (χ2v) is 26.7. The first-order valence-corrected chi connectivity index (χ1v) is 37.3. The molecular formula is C89H95Br3Cl2F2N14O13. The minimum absolute atomic E-state index is 0. The van der Waals surface area contributed by atoms with Crippen molar-refractivity contribution in [3.05, 3.63) is 288 Å². The number of anilines is 3. The number of halogens is 7. The van der Waals surface area contributed by atoms with E-state index < -0.39 is 11.6 Å². The molecule has 12 aromatic heterocycles. The number of aromatic hydroxyl groups is 3. The van der Waals surface area contributed by atoms with E-state index in [-0.39, 0.29) is 104 Å². The van der Waals surface area contributed by atoms with Gasteiger partial charge in [0.1, 0.15) is 59.7 Å². The molecule has 2 aromatic carbocycles. The summed E-state index contributed by atoms with van der Waals surface area (Å²) in [7, 11) is 4.60. The normalized spacial score (nSPS) is 9.87. The number of furan rings is 1. The summed E-state index contributed by atoms with van der Waals surface area (Å²) in [5.41, 5.74) is 18.7. The molecule has 34 heteroatoms. The SMILES string of the molecule is C.C.C.C.C.C.COCOc1c(C=O)ccnc1-c1ccnc(C)c1.COCOc1c(C=O)ccnc1Br.COCOc1cccnc1Br.Cc1cc(-c2nccc(C=Nc3ccc(F)c(Cl)c3)c2O)ccn1.Cc1cc(-c2nccc(C=O)c2O)ccn1.Cc1cc(-c2nccc3c(Nc4ccc(F)c(Cl)c4)c(N)oc23)ccn1.Oc1cccnc1Br. The average molecular weight is 1920 g/mol. The fraction of sp³-hybridized carbons (Fsp3) is 0.180. The maximum Gasteiger partial charge on any atom is 0.215 e. The van der Waals surface area contributed by atoms with Crippen molar-refractivity contribution < 1.29 is 71.3 Å². The van der Waals surface area contributed by atoms with Crippen LogP contribution in [0.2, 0.25) is 10.0 Å². The van der Waals surface area contributed by atoms with Crippen LogP contribution in [-0.4, -0.2) is 137 Å². The van der Waals surface area contributed by atoms with Gasteiger partial charge in [0, 0.05) is 152 Å². The van der Waals surface area contributed by atoms with Crippen molar-refractivity contribution in [1.29, 1.82) is 0 Å². The number of nitrogens with zero attached hydrogens (tertiary/aromatic N) is 12. The zero-order chi connectivity index (χ0) is 84.3. The van der Waals surface area contributed by atoms with Gasteiger partial charge in [-0.05, 0) is 215 Å². The molecule has 0 amide bonds. The Balaban J connectivity index is 0.000000495. The lowest BCUT2D eigenvalue weighted by molar-refractivity contribution is 0.0496. The molecule has 0 aliphatic carbocycles. The van der Waals surface area contributed by atoms with Crippen LogP contribution in [0.25, 0.3) is 56.0 Å². The first-order valence-electron chi connectivity index (χ1n) is 34.2. The van der Waals surface area contributed by atoms with Crippen molar-refractivity contribution in [1.82, 2.24) is 54.8 Å². The lowest BCUT2D eigenvalue weighted by Crippen LogP contribution is -2.04. The number of aryl methyl sites for hydroxylation is 4. The van der Waals surface area contributed by atoms with E-state index in [1.165, 1.54) is 69.2 Å². The third kappa shape index (κ3) is 31.5. The Morgan fingerprint density at radius 3 is 1.33 bits per heavy atom. The Kier molecular flexibility index (Phi) is 47.4. The summed E-state index contributed by atoms with van der Waals surface area (Å²) in [5, 5.41) is 33.0. The largest absolute Gasteiger partial charge is 0.505 e. The molecule has 0 saturated carbocycles. The number of fused-ring (bicyclic) bond motifs is 1. The number of aromatic nitrogens is 11. The first kappa shape index (κ1) is 107. The summed E-state index contributed by atoms with van der Waals surface area (Å²) in [4.78, 5) is 81.7. The van der Waals surface area contributed by atoms with Crippen LogP contribution in [0.15, 0.2) is 231 Å². The topological polar surface area (TPSA) is 373 Å². The Morgan fingerprint density at radius 1 is 0.447 bits per heavy atom. The molecule has 12 heterocycles. The van der Waals surface area contributed by atoms with Gasteiger partial charge in [0.15, 0.2) is 73.6 Å². The monoisotopic (exact) mass is 1910 g/mol. The molecule has 0 aliphatic heterocycles. The van der Waals surface area contributed by atoms with E-state index >= 15 is 0 Å². The molecule has 27 nitrogen and oxygen atoms in total. The standard InChI is InChI=1S/C19H14ClFN4O.C18H13ClFN3O.C14H14N2O3.C12H10N2O2.C8H8BrNO3.C7H8BrNO2.C5H4BrNO.6CH4/c1-10-8-11(4-6-23-10)16-18-13(5-7-24-16)17(19(22)26-18)25-12-2-3-15(21)14(20)9-12;1-11-8-12(4-6-21-11)17-18(24)13(5-7-22-17)10-23-14-2-3-16(20)15(19)9-14;1-10-7-11(3-5-15-10)13-14(19-9-18-2)12(8-17)4-6-16-13;1-8-6-9(2-4-13-8)11-12(16)10(7-15)3-5-14-11;1-12-5-13-7-6(4-11)2-3-10-8(7)9;1-10-5-11-6-3-2-4-9-7(6)8;6-5-4(8)2-1-3-7-5;;;;;;/h2-9,25H,22H2,1H3;2-10,24H,1H3;3-8H,9H2,1-2H3;2-7,16H,1H3;2-4H,5H2,1H3;2-4H,5H2,1H3;1-3,8H;6*1H4. The molecule has 14 rings (SSSR count). The Hall–Kier alpha value is -12.5. The quantitative estimate of drug-likeness (QED) is 0.0205. The molecule has 0 fully saturated rings. The summed E-state index contributed by atoms with van der Waals surface area (Å²) in [6, 6.07) is 38.1. The van der Waals surface area contributed by atoms with Crippen LogP contribution in [0.5, 0.6) is 34.5 Å². The second-order valence-electron chi connectivity index (χ2n) is 23.6. The van der Waals surface area contributed by atoms with Gasteiger partial charge in [-0.15, -0.1) is 0 Å². The minimum Gasteiger partial charge on any atom is -0.505 e. The summed E-state index contributed by atoms with van der Waals surface area (Å²) in [6.07, 6.45) is 21.4. The summed E-state index contributed by atoms with van der Waals surface area (Å²) in [6.45, 7) is 7.90. The van der Waals surface area contributed by atoms with Crippen molar-refractivity contribution >= 4 is 130 Å². The molecule has 0 bridgehead atoms. The van der Waals surface area contributed by atoms with Crippen molar-refractivity contribution in [3.63, 3.8) is 0 Å². The van der Waals surface area contributed by atoms with Crippen molar-refractivity contribution in [2.75, 3.05) is 52.8 Å². The van der Waals surface area contributed by atoms with Gasteiger partial charge in [-0.1, -0.05) is 67.8 Å². The third-order valence-electron chi connectivity index (χ3n) is 15.3. The average Bonchev–Trinajstić information content (AvgIpc) is 1.62. The van der Waals surface area contributed by atoms with E-state index in [2.05, 4.69) is 113 Å². The van der Waals surface area contributed by atoms with Gasteiger partial charge in [-0.3, -0.25) is 59.2 Å². The van der Waals surface area contributed by atoms with Crippen LogP contribution in [0.4, 0.5) is 31.7 Å². The lowest BCUT2D eigenvalue weighted by Gasteiger charge is -2.12. The highest BCUT2D eigenvalue weighted by Crippen LogP contribution is 2.40. The van der Waals surface area contributed by atoms with Crippen LogP contribution in [0.3, 0.4) is 0 Å². The van der Waals surface area contributed by atoms with Crippen LogP contribution in [0.1, 0.15) is 104 Å². The molecule has 648 valence electrons. The number of benzene rings is 2. The molecule has 0 radical (unpaired) electrons. The van der Waals surface area contributed by atoms with E-state index in [1.807, 2.05) is 64.1 Å². The molecule has 0 saturated heterocycles. The van der Waals surface area contributed by atoms with Crippen LogP contribution in [0, 0.1) is 39.3 Å². The van der Waals surface area contributed by atoms with Gasteiger partial charge in [-0.25, -0.2) is 23.7 Å². The summed E-state index contributed by atoms with van der Waals surface area (Å²) in [5.74, 6) is 0.828. The number of hydrogen-bond acceptors (Lipinski definition) is 27. The van der Waals surface area contributed by atoms with E-state index in [1.54, 1.807) is 130 Å². The Bertz CT molecular complexity index is 5720. The fourth-order valence-corrected chi connectivity index (χ4v) is 11.4. The van der Waals surface area contributed by atoms with Crippen LogP contribution < -0.4 is 25.3 Å². The van der Waals surface area contributed by atoms with Gasteiger partial charge >= 0.3 is 0 Å². The number of rotatable bonds is 20. The number of ether oxygens (including phenoxy) is 6. The Morgan fingerprint density at radius 2 is 0.854 bits per heavy atom. The van der Waals surface area contributed by atoms with E-state index in [4.69, 9.17) is 66.9 Å². The number of aldehydes is 3. The van der Waals surface area contributed by atoms with Gasteiger partial charge in [-0.2, -0.15) is 0 Å². The maximum atomic E-state index is 13.4. The second kappa shape index (κ2) is 54.7. The number of nitrogens with two attached hydrogens (primary N) is 1. The molecular weight excluding hydrogens is 1820 g/mol. The van der Waals surface area contributed by atoms with Crippen molar-refractivity contribution in [3.8, 4) is 79.5 Å². The number of nitrogens with one attached hydrogen (secondary N) is 1. The first-order chi connectivity index (χ1) is 56.5. The Labute approximate surface area is 748 Å². The maximum absolute atomic E-state index is 13.4. The fourth-order valence-electron chi connectivity index (χ4n) is 9.94. The summed E-state index contributed by atoms with van der Waals surface area (Å²) >= 11 is 21.0. The predicted molar refractivity (Wildman–Crippen MR) is 491 cm³/mol. The van der Waals surface area contributed by atoms with Crippen molar-refractivity contribution in [2.45, 2.75) is 72.3 Å². The molecule has 0 unspecified atom stereocenters. The van der Waals surface area contributed by atoms with Crippen LogP contribution in [-0.2, 0) is 14.2 Å². The zero-order valence-electron chi connectivity index (χ0n) is 63.1. The number of pyridine rings is 11. The van der Waals surface area contributed by atoms with Gasteiger partial charge < -0.3 is 59.2 Å². The molecule has 0 spiro atoms. The van der Waals surface area contributed by atoms with Crippen molar-refractivity contribution in [2.24, 2.45) is 4.99 Å². The zero-order valence-corrected chi connectivity index (χ0v) is 69.3. The molecule has 123 heavy (non-hydrogen) atoms. The highest BCUT2D eigenvalue weighted by molar-refractivity contribution is 9.11. The number of methoxy groups -OCH3 is 3. The lowest BCUT2D eigenvalue weighted by atomic mass is 10.1. The molecule has 0 atom stereocenters. The van der Waals surface area contributed by atoms with Crippen LogP contribution >= 0.6 is 71.0 Å². The minimum atomic E-state index is -0.502. The molecule has 14 aromatic rings. The molecule has 0 aliphatic rings. The highest BCUT2D eigenvalue weighted by Gasteiger charge is 2.20. The van der Waals surface area contributed by atoms with Gasteiger partial charge in [0.05, 0.1) is 37.8 Å². The van der Waals surface area contributed by atoms with E-state index in [0.717, 1.165) is 56.7 Å².